The minimum absolute atomic E-state index is 0.0127. The monoisotopic (exact) mass is 382 g/mol. The van der Waals surface area contributed by atoms with Crippen LogP contribution in [0.5, 0.6) is 0 Å². The Balaban J connectivity index is 1.83. The molecule has 0 fully saturated rings. The van der Waals surface area contributed by atoms with Crippen molar-refractivity contribution in [3.05, 3.63) is 59.7 Å². The standard InChI is InChI=1S/C22H30N4O2/c1-16(2)21(27)24-19-10-6-17(7-11-19)14-23-22(28)26(5)15-18-8-12-20(13-9-18)25(3)4/h6-13,16H,14-15H2,1-5H3,(H,23,28)(H,24,27). The van der Waals surface area contributed by atoms with Gasteiger partial charge in [-0.15, -0.1) is 0 Å². The molecule has 2 N–H and O–H groups in total. The quantitative estimate of drug-likeness (QED) is 0.768. The van der Waals surface area contributed by atoms with E-state index in [2.05, 4.69) is 10.6 Å². The lowest BCUT2D eigenvalue weighted by Crippen LogP contribution is -2.36. The van der Waals surface area contributed by atoms with Crippen LogP contribution in [0, 0.1) is 5.92 Å². The van der Waals surface area contributed by atoms with E-state index in [1.165, 1.54) is 0 Å². The molecule has 0 unspecified atom stereocenters. The van der Waals surface area contributed by atoms with Crippen molar-refractivity contribution in [2.45, 2.75) is 26.9 Å². The third-order valence-corrected chi connectivity index (χ3v) is 4.41. The van der Waals surface area contributed by atoms with E-state index in [1.807, 2.05) is 81.4 Å². The zero-order valence-electron chi connectivity index (χ0n) is 17.3. The number of anilines is 2. The molecule has 2 rings (SSSR count). The van der Waals surface area contributed by atoms with Crippen molar-refractivity contribution in [1.82, 2.24) is 10.2 Å². The second kappa shape index (κ2) is 9.78. The summed E-state index contributed by atoms with van der Waals surface area (Å²) in [6, 6.07) is 15.5. The molecule has 0 bridgehead atoms. The molecule has 0 aliphatic carbocycles. The topological polar surface area (TPSA) is 64.7 Å². The Bertz CT molecular complexity index is 783. The van der Waals surface area contributed by atoms with Crippen LogP contribution < -0.4 is 15.5 Å². The summed E-state index contributed by atoms with van der Waals surface area (Å²) in [6.45, 7) is 4.68. The lowest BCUT2D eigenvalue weighted by Gasteiger charge is -2.19. The molecule has 0 aliphatic rings. The number of hydrogen-bond acceptors (Lipinski definition) is 3. The first kappa shape index (κ1) is 21.3. The third kappa shape index (κ3) is 6.30. The van der Waals surface area contributed by atoms with E-state index in [0.717, 1.165) is 22.5 Å². The van der Waals surface area contributed by atoms with Crippen LogP contribution >= 0.6 is 0 Å². The van der Waals surface area contributed by atoms with Gasteiger partial charge < -0.3 is 20.4 Å². The Morgan fingerprint density at radius 3 is 2.00 bits per heavy atom. The summed E-state index contributed by atoms with van der Waals surface area (Å²) in [7, 11) is 5.78. The number of urea groups is 1. The minimum atomic E-state index is -0.131. The maximum absolute atomic E-state index is 12.3. The summed E-state index contributed by atoms with van der Waals surface area (Å²) in [5.41, 5.74) is 3.93. The highest BCUT2D eigenvalue weighted by atomic mass is 16.2. The molecule has 2 aromatic carbocycles. The predicted molar refractivity (Wildman–Crippen MR) is 114 cm³/mol. The molecular weight excluding hydrogens is 352 g/mol. The van der Waals surface area contributed by atoms with Gasteiger partial charge in [-0.3, -0.25) is 4.79 Å². The summed E-state index contributed by atoms with van der Waals surface area (Å²) in [5.74, 6) is -0.0742. The molecule has 0 atom stereocenters. The van der Waals surface area contributed by atoms with Crippen molar-refractivity contribution in [3.8, 4) is 0 Å². The average molecular weight is 383 g/mol. The molecule has 0 radical (unpaired) electrons. The maximum atomic E-state index is 12.3. The fourth-order valence-electron chi connectivity index (χ4n) is 2.55. The summed E-state index contributed by atoms with van der Waals surface area (Å²) in [4.78, 5) is 27.7. The van der Waals surface area contributed by atoms with Crippen molar-refractivity contribution in [2.75, 3.05) is 31.4 Å². The van der Waals surface area contributed by atoms with E-state index in [1.54, 1.807) is 11.9 Å². The number of carbonyl (C=O) groups is 2. The minimum Gasteiger partial charge on any atom is -0.378 e. The van der Waals surface area contributed by atoms with Crippen LogP contribution in [0.25, 0.3) is 0 Å². The van der Waals surface area contributed by atoms with Gasteiger partial charge in [0.05, 0.1) is 0 Å². The summed E-state index contributed by atoms with van der Waals surface area (Å²) < 4.78 is 0. The van der Waals surface area contributed by atoms with Gasteiger partial charge in [0.25, 0.3) is 0 Å². The van der Waals surface area contributed by atoms with E-state index in [0.29, 0.717) is 13.1 Å². The van der Waals surface area contributed by atoms with Crippen molar-refractivity contribution in [2.24, 2.45) is 5.92 Å². The second-order valence-electron chi connectivity index (χ2n) is 7.42. The normalized spacial score (nSPS) is 10.5. The average Bonchev–Trinajstić information content (AvgIpc) is 2.67. The van der Waals surface area contributed by atoms with Gasteiger partial charge in [-0.25, -0.2) is 4.79 Å². The molecule has 0 spiro atoms. The van der Waals surface area contributed by atoms with E-state index < -0.39 is 0 Å². The summed E-state index contributed by atoms with van der Waals surface area (Å²) >= 11 is 0. The predicted octanol–water partition coefficient (Wildman–Crippen LogP) is 3.69. The summed E-state index contributed by atoms with van der Waals surface area (Å²) in [5, 5.41) is 5.77. The lowest BCUT2D eigenvalue weighted by atomic mass is 10.1. The maximum Gasteiger partial charge on any atom is 0.317 e. The summed E-state index contributed by atoms with van der Waals surface area (Å²) in [6.07, 6.45) is 0. The highest BCUT2D eigenvalue weighted by Gasteiger charge is 2.10. The lowest BCUT2D eigenvalue weighted by molar-refractivity contribution is -0.118. The number of rotatable bonds is 7. The fourth-order valence-corrected chi connectivity index (χ4v) is 2.55. The van der Waals surface area contributed by atoms with Crippen LogP contribution in [-0.4, -0.2) is 38.0 Å². The van der Waals surface area contributed by atoms with Crippen LogP contribution in [-0.2, 0) is 17.9 Å². The smallest absolute Gasteiger partial charge is 0.317 e. The Morgan fingerprint density at radius 1 is 0.893 bits per heavy atom. The number of benzene rings is 2. The second-order valence-corrected chi connectivity index (χ2v) is 7.42. The fraction of sp³-hybridized carbons (Fsp3) is 0.364. The molecule has 0 saturated carbocycles. The molecule has 6 nitrogen and oxygen atoms in total. The first-order valence-electron chi connectivity index (χ1n) is 9.41. The largest absolute Gasteiger partial charge is 0.378 e. The molecule has 28 heavy (non-hydrogen) atoms. The van der Waals surface area contributed by atoms with Gasteiger partial charge in [0, 0.05) is 51.5 Å². The van der Waals surface area contributed by atoms with Crippen molar-refractivity contribution >= 4 is 23.3 Å². The first-order chi connectivity index (χ1) is 13.3. The van der Waals surface area contributed by atoms with Gasteiger partial charge in [-0.05, 0) is 35.4 Å². The van der Waals surface area contributed by atoms with Gasteiger partial charge in [-0.1, -0.05) is 38.1 Å². The number of nitrogens with one attached hydrogen (secondary N) is 2. The molecule has 0 aromatic heterocycles. The van der Waals surface area contributed by atoms with Gasteiger partial charge in [0.2, 0.25) is 5.91 Å². The van der Waals surface area contributed by atoms with Crippen molar-refractivity contribution in [1.29, 1.82) is 0 Å². The first-order valence-corrected chi connectivity index (χ1v) is 9.41. The Labute approximate surface area is 167 Å². The molecule has 150 valence electrons. The van der Waals surface area contributed by atoms with Crippen LogP contribution in [0.4, 0.5) is 16.2 Å². The van der Waals surface area contributed by atoms with Crippen molar-refractivity contribution in [3.63, 3.8) is 0 Å². The zero-order valence-corrected chi connectivity index (χ0v) is 17.3. The van der Waals surface area contributed by atoms with Crippen LogP contribution in [0.1, 0.15) is 25.0 Å². The van der Waals surface area contributed by atoms with Crippen LogP contribution in [0.3, 0.4) is 0 Å². The highest BCUT2D eigenvalue weighted by molar-refractivity contribution is 5.92. The zero-order chi connectivity index (χ0) is 20.7. The Morgan fingerprint density at radius 2 is 1.46 bits per heavy atom. The number of carbonyl (C=O) groups excluding carboxylic acids is 2. The molecular formula is C22H30N4O2. The number of hydrogen-bond donors (Lipinski definition) is 2. The molecule has 0 heterocycles. The highest BCUT2D eigenvalue weighted by Crippen LogP contribution is 2.14. The molecule has 0 aliphatic heterocycles. The Kier molecular flexibility index (Phi) is 7.44. The third-order valence-electron chi connectivity index (χ3n) is 4.41. The van der Waals surface area contributed by atoms with Gasteiger partial charge in [0.15, 0.2) is 0 Å². The van der Waals surface area contributed by atoms with Gasteiger partial charge in [0.1, 0.15) is 0 Å². The molecule has 2 aromatic rings. The van der Waals surface area contributed by atoms with Gasteiger partial charge in [-0.2, -0.15) is 0 Å². The molecule has 6 heteroatoms. The van der Waals surface area contributed by atoms with Gasteiger partial charge >= 0.3 is 6.03 Å². The molecule has 3 amide bonds. The van der Waals surface area contributed by atoms with E-state index in [-0.39, 0.29) is 17.9 Å². The van der Waals surface area contributed by atoms with E-state index in [9.17, 15) is 9.59 Å². The van der Waals surface area contributed by atoms with Crippen molar-refractivity contribution < 1.29 is 9.59 Å². The number of nitrogens with zero attached hydrogens (tertiary/aromatic N) is 2. The number of amides is 3. The van der Waals surface area contributed by atoms with Crippen LogP contribution in [0.2, 0.25) is 0 Å². The van der Waals surface area contributed by atoms with Crippen LogP contribution in [0.15, 0.2) is 48.5 Å². The SMILES string of the molecule is CC(C)C(=O)Nc1ccc(CNC(=O)N(C)Cc2ccc(N(C)C)cc2)cc1. The molecule has 0 saturated heterocycles. The van der Waals surface area contributed by atoms with E-state index >= 15 is 0 Å². The van der Waals surface area contributed by atoms with E-state index in [4.69, 9.17) is 0 Å². The Hall–Kier alpha value is -3.02.